The van der Waals surface area contributed by atoms with E-state index in [-0.39, 0.29) is 16.9 Å². The number of anilines is 2. The zero-order valence-corrected chi connectivity index (χ0v) is 21.7. The second kappa shape index (κ2) is 11.4. The number of piperazine rings is 1. The first kappa shape index (κ1) is 25.5. The Balaban J connectivity index is 1.30. The summed E-state index contributed by atoms with van der Waals surface area (Å²) in [4.78, 5) is 29.5. The van der Waals surface area contributed by atoms with Crippen LogP contribution in [0.3, 0.4) is 0 Å². The number of benzene rings is 3. The molecule has 4 rings (SSSR count). The standard InChI is InChI=1S/C27H27ClN4O3S/c1-18-4-3-5-19(16-18)25(33)30-27(36)29-21-7-9-22(10-8-21)31-12-14-32(15-13-31)26(34)23-17-20(28)6-11-24(23)35-2/h3-11,16-17H,12-15H2,1-2H3,(H2,29,30,33,36). The van der Waals surface area contributed by atoms with E-state index in [0.717, 1.165) is 16.9 Å². The molecule has 9 heteroatoms. The van der Waals surface area contributed by atoms with Gasteiger partial charge in [-0.2, -0.15) is 0 Å². The fourth-order valence-corrected chi connectivity index (χ4v) is 4.45. The molecule has 3 aromatic carbocycles. The molecule has 2 amide bonds. The summed E-state index contributed by atoms with van der Waals surface area (Å²) in [6.45, 7) is 4.51. The van der Waals surface area contributed by atoms with Crippen molar-refractivity contribution in [2.24, 2.45) is 0 Å². The molecule has 0 aromatic heterocycles. The largest absolute Gasteiger partial charge is 0.496 e. The molecule has 1 fully saturated rings. The highest BCUT2D eigenvalue weighted by atomic mass is 35.5. The summed E-state index contributed by atoms with van der Waals surface area (Å²) < 4.78 is 5.33. The Morgan fingerprint density at radius 3 is 2.36 bits per heavy atom. The van der Waals surface area contributed by atoms with Gasteiger partial charge in [0.25, 0.3) is 11.8 Å². The van der Waals surface area contributed by atoms with Gasteiger partial charge in [0, 0.05) is 48.1 Å². The summed E-state index contributed by atoms with van der Waals surface area (Å²) in [6, 6.07) is 20.2. The number of carbonyl (C=O) groups excluding carboxylic acids is 2. The van der Waals surface area contributed by atoms with Crippen molar-refractivity contribution in [3.8, 4) is 5.75 Å². The van der Waals surface area contributed by atoms with Crippen molar-refractivity contribution < 1.29 is 14.3 Å². The lowest BCUT2D eigenvalue weighted by molar-refractivity contribution is 0.0743. The van der Waals surface area contributed by atoms with Crippen LogP contribution in [0.5, 0.6) is 5.75 Å². The van der Waals surface area contributed by atoms with Gasteiger partial charge in [0.05, 0.1) is 12.7 Å². The molecule has 1 aliphatic heterocycles. The van der Waals surface area contributed by atoms with Gasteiger partial charge < -0.3 is 19.9 Å². The Morgan fingerprint density at radius 2 is 1.69 bits per heavy atom. The fraction of sp³-hybridized carbons (Fsp3) is 0.222. The third-order valence-corrected chi connectivity index (χ3v) is 6.40. The van der Waals surface area contributed by atoms with E-state index < -0.39 is 0 Å². The van der Waals surface area contributed by atoms with Gasteiger partial charge >= 0.3 is 0 Å². The lowest BCUT2D eigenvalue weighted by atomic mass is 10.1. The van der Waals surface area contributed by atoms with Crippen LogP contribution < -0.4 is 20.3 Å². The Morgan fingerprint density at radius 1 is 0.972 bits per heavy atom. The van der Waals surface area contributed by atoms with Crippen molar-refractivity contribution >= 4 is 52.1 Å². The SMILES string of the molecule is COc1ccc(Cl)cc1C(=O)N1CCN(c2ccc(NC(=S)NC(=O)c3cccc(C)c3)cc2)CC1. The zero-order chi connectivity index (χ0) is 25.7. The number of carbonyl (C=O) groups is 2. The van der Waals surface area contributed by atoms with E-state index in [0.29, 0.717) is 48.1 Å². The second-order valence-electron chi connectivity index (χ2n) is 8.45. The smallest absolute Gasteiger partial charge is 0.257 e. The van der Waals surface area contributed by atoms with E-state index >= 15 is 0 Å². The topological polar surface area (TPSA) is 73.9 Å². The van der Waals surface area contributed by atoms with Crippen molar-refractivity contribution in [1.29, 1.82) is 0 Å². The third kappa shape index (κ3) is 6.13. The van der Waals surface area contributed by atoms with Crippen molar-refractivity contribution in [3.05, 3.63) is 88.4 Å². The lowest BCUT2D eigenvalue weighted by Gasteiger charge is -2.36. The number of hydrogen-bond acceptors (Lipinski definition) is 5. The van der Waals surface area contributed by atoms with E-state index in [4.69, 9.17) is 28.6 Å². The van der Waals surface area contributed by atoms with Crippen LogP contribution in [-0.2, 0) is 0 Å². The molecule has 0 aliphatic carbocycles. The lowest BCUT2D eigenvalue weighted by Crippen LogP contribution is -2.48. The van der Waals surface area contributed by atoms with Crippen molar-refractivity contribution in [2.75, 3.05) is 43.5 Å². The van der Waals surface area contributed by atoms with Crippen molar-refractivity contribution in [1.82, 2.24) is 10.2 Å². The summed E-state index contributed by atoms with van der Waals surface area (Å²) in [5.74, 6) is 0.174. The number of nitrogens with one attached hydrogen (secondary N) is 2. The Kier molecular flexibility index (Phi) is 8.07. The predicted octanol–water partition coefficient (Wildman–Crippen LogP) is 4.75. The normalized spacial score (nSPS) is 13.2. The van der Waals surface area contributed by atoms with Crippen LogP contribution in [0.1, 0.15) is 26.3 Å². The molecule has 0 unspecified atom stereocenters. The van der Waals surface area contributed by atoms with Crippen LogP contribution in [0.2, 0.25) is 5.02 Å². The first-order valence-corrected chi connectivity index (χ1v) is 12.3. The number of halogens is 1. The third-order valence-electron chi connectivity index (χ3n) is 5.96. The van der Waals surface area contributed by atoms with Crippen molar-refractivity contribution in [3.63, 3.8) is 0 Å². The van der Waals surface area contributed by atoms with Gasteiger partial charge in [-0.15, -0.1) is 0 Å². The van der Waals surface area contributed by atoms with Gasteiger partial charge in [0.15, 0.2) is 5.11 Å². The van der Waals surface area contributed by atoms with Crippen LogP contribution in [0, 0.1) is 6.92 Å². The average Bonchev–Trinajstić information content (AvgIpc) is 2.88. The summed E-state index contributed by atoms with van der Waals surface area (Å²) >= 11 is 11.4. The second-order valence-corrected chi connectivity index (χ2v) is 9.29. The molecular weight excluding hydrogens is 496 g/mol. The number of hydrogen-bond donors (Lipinski definition) is 2. The number of nitrogens with zero attached hydrogens (tertiary/aromatic N) is 2. The van der Waals surface area contributed by atoms with Gasteiger partial charge in [0.2, 0.25) is 0 Å². The first-order valence-electron chi connectivity index (χ1n) is 11.5. The number of ether oxygens (including phenoxy) is 1. The Bertz CT molecular complexity index is 1270. The Hall–Kier alpha value is -3.62. The van der Waals surface area contributed by atoms with E-state index in [9.17, 15) is 9.59 Å². The molecular formula is C27H27ClN4O3S. The minimum absolute atomic E-state index is 0.0882. The highest BCUT2D eigenvalue weighted by molar-refractivity contribution is 7.80. The van der Waals surface area contributed by atoms with Crippen LogP contribution in [0.15, 0.2) is 66.7 Å². The maximum absolute atomic E-state index is 13.0. The molecule has 186 valence electrons. The van der Waals surface area contributed by atoms with E-state index in [1.165, 1.54) is 0 Å². The predicted molar refractivity (Wildman–Crippen MR) is 147 cm³/mol. The molecule has 36 heavy (non-hydrogen) atoms. The minimum Gasteiger partial charge on any atom is -0.496 e. The van der Waals surface area contributed by atoms with Crippen LogP contribution in [0.4, 0.5) is 11.4 Å². The average molecular weight is 523 g/mol. The molecule has 3 aromatic rings. The number of amides is 2. The Labute approximate surface area is 221 Å². The molecule has 1 aliphatic rings. The fourth-order valence-electron chi connectivity index (χ4n) is 4.06. The zero-order valence-electron chi connectivity index (χ0n) is 20.1. The highest BCUT2D eigenvalue weighted by Gasteiger charge is 2.24. The number of rotatable bonds is 5. The summed E-state index contributed by atoms with van der Waals surface area (Å²) in [6.07, 6.45) is 0. The van der Waals surface area contributed by atoms with E-state index in [2.05, 4.69) is 15.5 Å². The molecule has 2 N–H and O–H groups in total. The van der Waals surface area contributed by atoms with Gasteiger partial charge in [-0.05, 0) is 73.7 Å². The number of thiocarbonyl (C=S) groups is 1. The maximum Gasteiger partial charge on any atom is 0.257 e. The van der Waals surface area contributed by atoms with Gasteiger partial charge in [-0.25, -0.2) is 0 Å². The van der Waals surface area contributed by atoms with E-state index in [1.807, 2.05) is 54.3 Å². The highest BCUT2D eigenvalue weighted by Crippen LogP contribution is 2.25. The summed E-state index contributed by atoms with van der Waals surface area (Å²) in [5.41, 5.74) is 3.85. The first-order chi connectivity index (χ1) is 17.3. The minimum atomic E-state index is -0.254. The van der Waals surface area contributed by atoms with Crippen molar-refractivity contribution in [2.45, 2.75) is 6.92 Å². The molecule has 1 saturated heterocycles. The van der Waals surface area contributed by atoms with E-state index in [1.54, 1.807) is 31.4 Å². The number of methoxy groups -OCH3 is 1. The quantitative estimate of drug-likeness (QED) is 0.471. The van der Waals surface area contributed by atoms with Gasteiger partial charge in [-0.3, -0.25) is 14.9 Å². The molecule has 0 atom stereocenters. The molecule has 0 spiro atoms. The number of aryl methyl sites for hydroxylation is 1. The van der Waals surface area contributed by atoms with Crippen LogP contribution in [0.25, 0.3) is 0 Å². The monoisotopic (exact) mass is 522 g/mol. The molecule has 0 bridgehead atoms. The molecule has 1 heterocycles. The van der Waals surface area contributed by atoms with Gasteiger partial charge in [0.1, 0.15) is 5.75 Å². The summed E-state index contributed by atoms with van der Waals surface area (Å²) in [5, 5.41) is 6.49. The molecule has 0 saturated carbocycles. The van der Waals surface area contributed by atoms with Crippen LogP contribution in [-0.4, -0.2) is 55.1 Å². The summed E-state index contributed by atoms with van der Waals surface area (Å²) in [7, 11) is 1.54. The van der Waals surface area contributed by atoms with Crippen LogP contribution >= 0.6 is 23.8 Å². The maximum atomic E-state index is 13.0. The van der Waals surface area contributed by atoms with Gasteiger partial charge in [-0.1, -0.05) is 29.3 Å². The molecule has 0 radical (unpaired) electrons. The molecule has 7 nitrogen and oxygen atoms in total.